The molecule has 2 heterocycles. The van der Waals surface area contributed by atoms with E-state index < -0.39 is 22.7 Å². The first-order chi connectivity index (χ1) is 14.4. The van der Waals surface area contributed by atoms with Gasteiger partial charge in [0.15, 0.2) is 0 Å². The number of aromatic nitrogens is 4. The zero-order valence-electron chi connectivity index (χ0n) is 16.2. The quantitative estimate of drug-likeness (QED) is 0.501. The van der Waals surface area contributed by atoms with Crippen molar-refractivity contribution in [2.24, 2.45) is 5.10 Å². The lowest BCUT2D eigenvalue weighted by Crippen LogP contribution is -2.31. The van der Waals surface area contributed by atoms with E-state index in [0.29, 0.717) is 22.4 Å². The summed E-state index contributed by atoms with van der Waals surface area (Å²) in [5.74, 6) is -0.284. The number of benzene rings is 2. The number of fused-ring (bicyclic) bond motifs is 1. The first-order valence-corrected chi connectivity index (χ1v) is 9.05. The molecule has 0 unspecified atom stereocenters. The largest absolute Gasteiger partial charge is 0.493 e. The molecule has 9 nitrogen and oxygen atoms in total. The normalized spacial score (nSPS) is 11.4. The van der Waals surface area contributed by atoms with Gasteiger partial charge in [-0.3, -0.25) is 14.6 Å². The van der Waals surface area contributed by atoms with Gasteiger partial charge in [0.25, 0.3) is 11.1 Å². The van der Waals surface area contributed by atoms with E-state index in [2.05, 4.69) is 15.1 Å². The van der Waals surface area contributed by atoms with Crippen LogP contribution in [0.15, 0.2) is 68.0 Å². The number of aromatic hydroxyl groups is 1. The molecule has 0 aliphatic carbocycles. The van der Waals surface area contributed by atoms with Crippen molar-refractivity contribution >= 4 is 17.1 Å². The van der Waals surface area contributed by atoms with Gasteiger partial charge >= 0.3 is 5.69 Å². The summed E-state index contributed by atoms with van der Waals surface area (Å²) in [5.41, 5.74) is -0.444. The number of hydrogen-bond acceptors (Lipinski definition) is 6. The van der Waals surface area contributed by atoms with Crippen molar-refractivity contribution in [1.82, 2.24) is 19.2 Å². The Balaban J connectivity index is 1.88. The van der Waals surface area contributed by atoms with Crippen LogP contribution in [-0.2, 0) is 0 Å². The second kappa shape index (κ2) is 7.28. The van der Waals surface area contributed by atoms with E-state index in [1.807, 2.05) is 6.92 Å². The van der Waals surface area contributed by atoms with Crippen molar-refractivity contribution in [3.63, 3.8) is 0 Å². The van der Waals surface area contributed by atoms with E-state index in [9.17, 15) is 19.5 Å². The van der Waals surface area contributed by atoms with Crippen molar-refractivity contribution in [2.75, 3.05) is 0 Å². The average Bonchev–Trinajstić information content (AvgIpc) is 2.71. The third-order valence-electron chi connectivity index (χ3n) is 4.63. The first-order valence-electron chi connectivity index (χ1n) is 9.05. The molecule has 0 aliphatic heterocycles. The lowest BCUT2D eigenvalue weighted by atomic mass is 10.2. The van der Waals surface area contributed by atoms with E-state index in [4.69, 9.17) is 0 Å². The van der Waals surface area contributed by atoms with Gasteiger partial charge in [-0.15, -0.1) is 0 Å². The van der Waals surface area contributed by atoms with E-state index >= 15 is 0 Å². The predicted molar refractivity (Wildman–Crippen MR) is 113 cm³/mol. The maximum Gasteiger partial charge on any atom is 0.335 e. The fourth-order valence-electron chi connectivity index (χ4n) is 3.07. The highest BCUT2D eigenvalue weighted by atomic mass is 16.3. The van der Waals surface area contributed by atoms with E-state index in [1.54, 1.807) is 55.5 Å². The van der Waals surface area contributed by atoms with E-state index in [1.165, 1.54) is 0 Å². The van der Waals surface area contributed by atoms with Crippen LogP contribution in [0.4, 0.5) is 0 Å². The number of H-pyrrole nitrogens is 1. The second-order valence-electron chi connectivity index (χ2n) is 6.71. The summed E-state index contributed by atoms with van der Waals surface area (Å²) in [6, 6.07) is 13.6. The fourth-order valence-corrected chi connectivity index (χ4v) is 3.07. The minimum absolute atomic E-state index is 0.269. The monoisotopic (exact) mass is 403 g/mol. The maximum absolute atomic E-state index is 12.7. The van der Waals surface area contributed by atoms with Gasteiger partial charge in [0, 0.05) is 0 Å². The summed E-state index contributed by atoms with van der Waals surface area (Å²) in [7, 11) is 0. The number of hydrogen-bond donors (Lipinski definition) is 2. The molecule has 4 aromatic rings. The standard InChI is InChI=1S/C21H17N5O4/c1-12-7-9-14(10-8-12)25-19(28)16(18(27)24-21(25)30)11-22-26-13(2)23-17-6-4-3-5-15(17)20(26)29/h3-11,28H,1-2H3,(H,24,27,30). The minimum Gasteiger partial charge on any atom is -0.493 e. The number of nitrogens with zero attached hydrogens (tertiary/aromatic N) is 4. The molecule has 9 heteroatoms. The molecule has 0 radical (unpaired) electrons. The Kier molecular flexibility index (Phi) is 4.63. The Labute approximate surface area is 169 Å². The lowest BCUT2D eigenvalue weighted by molar-refractivity contribution is 0.430. The van der Waals surface area contributed by atoms with Gasteiger partial charge in [0.2, 0.25) is 5.88 Å². The summed E-state index contributed by atoms with van der Waals surface area (Å²) >= 11 is 0. The third-order valence-corrected chi connectivity index (χ3v) is 4.63. The zero-order chi connectivity index (χ0) is 21.4. The van der Waals surface area contributed by atoms with Crippen LogP contribution in [0.1, 0.15) is 17.0 Å². The molecule has 0 amide bonds. The highest BCUT2D eigenvalue weighted by molar-refractivity contribution is 5.82. The van der Waals surface area contributed by atoms with Crippen LogP contribution in [0.25, 0.3) is 16.6 Å². The summed E-state index contributed by atoms with van der Waals surface area (Å²) < 4.78 is 1.99. The van der Waals surface area contributed by atoms with Crippen LogP contribution in [0.2, 0.25) is 0 Å². The van der Waals surface area contributed by atoms with Crippen molar-refractivity contribution in [3.8, 4) is 11.6 Å². The van der Waals surface area contributed by atoms with Gasteiger partial charge in [-0.2, -0.15) is 9.78 Å². The Bertz CT molecular complexity index is 1480. The average molecular weight is 403 g/mol. The highest BCUT2D eigenvalue weighted by Gasteiger charge is 2.15. The first kappa shape index (κ1) is 19.1. The van der Waals surface area contributed by atoms with E-state index in [0.717, 1.165) is 21.0 Å². The highest BCUT2D eigenvalue weighted by Crippen LogP contribution is 2.16. The van der Waals surface area contributed by atoms with Crippen LogP contribution in [0.3, 0.4) is 0 Å². The van der Waals surface area contributed by atoms with Crippen LogP contribution in [0, 0.1) is 13.8 Å². The molecule has 0 spiro atoms. The Morgan fingerprint density at radius 3 is 2.47 bits per heavy atom. The molecular weight excluding hydrogens is 386 g/mol. The number of rotatable bonds is 3. The Morgan fingerprint density at radius 1 is 1.03 bits per heavy atom. The van der Waals surface area contributed by atoms with Gasteiger partial charge in [-0.1, -0.05) is 29.8 Å². The Hall–Kier alpha value is -4.27. The summed E-state index contributed by atoms with van der Waals surface area (Å²) in [6.07, 6.45) is 1.03. The van der Waals surface area contributed by atoms with Gasteiger partial charge in [-0.05, 0) is 38.1 Å². The van der Waals surface area contributed by atoms with Gasteiger partial charge in [0.05, 0.1) is 22.8 Å². The van der Waals surface area contributed by atoms with Crippen molar-refractivity contribution in [2.45, 2.75) is 13.8 Å². The molecule has 150 valence electrons. The van der Waals surface area contributed by atoms with Crippen molar-refractivity contribution in [1.29, 1.82) is 0 Å². The molecule has 4 rings (SSSR count). The third kappa shape index (κ3) is 3.22. The van der Waals surface area contributed by atoms with Crippen LogP contribution < -0.4 is 16.8 Å². The predicted octanol–water partition coefficient (Wildman–Crippen LogP) is 1.44. The molecule has 0 fully saturated rings. The van der Waals surface area contributed by atoms with E-state index in [-0.39, 0.29) is 5.56 Å². The fraction of sp³-hybridized carbons (Fsp3) is 0.0952. The van der Waals surface area contributed by atoms with Crippen LogP contribution >= 0.6 is 0 Å². The SMILES string of the molecule is Cc1ccc(-n2c(O)c(C=Nn3c(C)nc4ccccc4c3=O)c(=O)[nH]c2=O)cc1. The van der Waals surface area contributed by atoms with Crippen LogP contribution in [0.5, 0.6) is 5.88 Å². The molecule has 2 aromatic carbocycles. The Morgan fingerprint density at radius 2 is 1.73 bits per heavy atom. The van der Waals surface area contributed by atoms with Crippen LogP contribution in [-0.4, -0.2) is 30.5 Å². The molecule has 0 aliphatic rings. The maximum atomic E-state index is 12.7. The number of para-hydroxylation sites is 1. The molecule has 0 saturated carbocycles. The topological polar surface area (TPSA) is 122 Å². The number of aromatic amines is 1. The van der Waals surface area contributed by atoms with Gasteiger partial charge < -0.3 is 5.11 Å². The zero-order valence-corrected chi connectivity index (χ0v) is 16.2. The van der Waals surface area contributed by atoms with Crippen molar-refractivity contribution in [3.05, 3.63) is 96.7 Å². The second-order valence-corrected chi connectivity index (χ2v) is 6.71. The molecule has 0 atom stereocenters. The summed E-state index contributed by atoms with van der Waals surface area (Å²) in [4.78, 5) is 43.7. The minimum atomic E-state index is -0.830. The molecule has 0 saturated heterocycles. The lowest BCUT2D eigenvalue weighted by Gasteiger charge is -2.10. The molecule has 30 heavy (non-hydrogen) atoms. The number of nitrogens with one attached hydrogen (secondary N) is 1. The van der Waals surface area contributed by atoms with Crippen molar-refractivity contribution < 1.29 is 5.11 Å². The molecular formula is C21H17N5O4. The summed E-state index contributed by atoms with van der Waals surface area (Å²) in [6.45, 7) is 3.48. The van der Waals surface area contributed by atoms with Gasteiger partial charge in [-0.25, -0.2) is 14.3 Å². The molecule has 2 N–H and O–H groups in total. The summed E-state index contributed by atoms with van der Waals surface area (Å²) in [5, 5.41) is 15.0. The smallest absolute Gasteiger partial charge is 0.335 e. The number of aryl methyl sites for hydroxylation is 2. The van der Waals surface area contributed by atoms with Gasteiger partial charge in [0.1, 0.15) is 11.4 Å². The molecule has 2 aromatic heterocycles. The molecule has 0 bridgehead atoms.